The second-order valence-electron chi connectivity index (χ2n) is 3.00. The zero-order valence-corrected chi connectivity index (χ0v) is 9.17. The third-order valence-electron chi connectivity index (χ3n) is 2.10. The van der Waals surface area contributed by atoms with Gasteiger partial charge < -0.3 is 0 Å². The van der Waals surface area contributed by atoms with Crippen LogP contribution in [-0.2, 0) is 10.8 Å². The lowest BCUT2D eigenvalue weighted by molar-refractivity contribution is 0.687. The lowest BCUT2D eigenvalue weighted by Gasteiger charge is -1.96. The van der Waals surface area contributed by atoms with Crippen LogP contribution in [0.25, 0.3) is 10.8 Å². The lowest BCUT2D eigenvalue weighted by Crippen LogP contribution is -1.85. The number of fused-ring (bicyclic) bond motifs is 1. The van der Waals surface area contributed by atoms with E-state index in [-0.39, 0.29) is 0 Å². The molecule has 0 saturated carbocycles. The van der Waals surface area contributed by atoms with Crippen molar-refractivity contribution in [2.24, 2.45) is 0 Å². The molecule has 1 heterocycles. The fourth-order valence-corrected chi connectivity index (χ4v) is 2.72. The summed E-state index contributed by atoms with van der Waals surface area (Å²) in [4.78, 5) is 2.23. The molecular weight excluding hydrogens is 200 g/mol. The minimum atomic E-state index is -0.871. The van der Waals surface area contributed by atoms with Gasteiger partial charge >= 0.3 is 0 Å². The zero-order chi connectivity index (χ0) is 9.42. The highest BCUT2D eigenvalue weighted by Gasteiger charge is 2.02. The second kappa shape index (κ2) is 3.24. The molecule has 1 nitrogen and oxygen atoms in total. The predicted molar refractivity (Wildman–Crippen MR) is 58.9 cm³/mol. The predicted octanol–water partition coefficient (Wildman–Crippen LogP) is 2.95. The SMILES string of the molecule is Cc1scc2cc(S(C)=O)ccc12. The van der Waals surface area contributed by atoms with Gasteiger partial charge in [0.1, 0.15) is 0 Å². The van der Waals surface area contributed by atoms with Crippen LogP contribution in [0.1, 0.15) is 4.88 Å². The van der Waals surface area contributed by atoms with E-state index in [9.17, 15) is 4.21 Å². The highest BCUT2D eigenvalue weighted by Crippen LogP contribution is 2.26. The quantitative estimate of drug-likeness (QED) is 0.707. The molecule has 68 valence electrons. The maximum Gasteiger partial charge on any atom is 0.0498 e. The summed E-state index contributed by atoms with van der Waals surface area (Å²) in [7, 11) is -0.871. The Bertz CT molecular complexity index is 471. The normalized spacial score (nSPS) is 13.4. The third kappa shape index (κ3) is 1.54. The first-order chi connectivity index (χ1) is 6.18. The van der Waals surface area contributed by atoms with E-state index in [1.807, 2.05) is 12.1 Å². The first-order valence-corrected chi connectivity index (χ1v) is 6.43. The number of thiophene rings is 1. The zero-order valence-electron chi connectivity index (χ0n) is 7.53. The molecule has 0 N–H and O–H groups in total. The summed E-state index contributed by atoms with van der Waals surface area (Å²) < 4.78 is 11.2. The van der Waals surface area contributed by atoms with Gasteiger partial charge in [-0.15, -0.1) is 11.3 Å². The van der Waals surface area contributed by atoms with Crippen molar-refractivity contribution in [1.82, 2.24) is 0 Å². The van der Waals surface area contributed by atoms with Crippen LogP contribution in [0, 0.1) is 6.92 Å². The molecule has 0 aliphatic heterocycles. The van der Waals surface area contributed by atoms with Gasteiger partial charge in [0.25, 0.3) is 0 Å². The van der Waals surface area contributed by atoms with Crippen molar-refractivity contribution in [3.05, 3.63) is 28.5 Å². The van der Waals surface area contributed by atoms with Crippen LogP contribution >= 0.6 is 11.3 Å². The third-order valence-corrected chi connectivity index (χ3v) is 3.96. The Labute approximate surface area is 83.9 Å². The van der Waals surface area contributed by atoms with Gasteiger partial charge in [-0.1, -0.05) is 6.07 Å². The molecule has 0 aliphatic rings. The van der Waals surface area contributed by atoms with Gasteiger partial charge in [0.2, 0.25) is 0 Å². The molecule has 0 aliphatic carbocycles. The van der Waals surface area contributed by atoms with Gasteiger partial charge in [-0.3, -0.25) is 4.21 Å². The van der Waals surface area contributed by atoms with E-state index >= 15 is 0 Å². The first-order valence-electron chi connectivity index (χ1n) is 4.00. The molecule has 1 atom stereocenters. The van der Waals surface area contributed by atoms with Gasteiger partial charge in [-0.2, -0.15) is 0 Å². The van der Waals surface area contributed by atoms with Gasteiger partial charge in [-0.05, 0) is 35.2 Å². The van der Waals surface area contributed by atoms with Gasteiger partial charge in [0.05, 0.1) is 0 Å². The maximum absolute atomic E-state index is 11.2. The van der Waals surface area contributed by atoms with Crippen molar-refractivity contribution >= 4 is 32.9 Å². The molecule has 1 aromatic carbocycles. The van der Waals surface area contributed by atoms with Crippen LogP contribution in [0.15, 0.2) is 28.5 Å². The molecule has 0 bridgehead atoms. The molecule has 3 heteroatoms. The standard InChI is InChI=1S/C10H10OS2/c1-7-10-4-3-9(13(2)11)5-8(10)6-12-7/h3-6H,1-2H3. The minimum absolute atomic E-state index is 0.871. The summed E-state index contributed by atoms with van der Waals surface area (Å²) in [6.45, 7) is 2.11. The van der Waals surface area contributed by atoms with Crippen molar-refractivity contribution < 1.29 is 4.21 Å². The monoisotopic (exact) mass is 210 g/mol. The highest BCUT2D eigenvalue weighted by atomic mass is 32.2. The van der Waals surface area contributed by atoms with Crippen molar-refractivity contribution in [1.29, 1.82) is 0 Å². The van der Waals surface area contributed by atoms with Gasteiger partial charge in [-0.25, -0.2) is 0 Å². The van der Waals surface area contributed by atoms with Crippen LogP contribution in [0.2, 0.25) is 0 Å². The van der Waals surface area contributed by atoms with Crippen LogP contribution in [0.3, 0.4) is 0 Å². The molecule has 13 heavy (non-hydrogen) atoms. The van der Waals surface area contributed by atoms with Crippen molar-refractivity contribution in [3.8, 4) is 0 Å². The molecule has 0 radical (unpaired) electrons. The second-order valence-corrected chi connectivity index (χ2v) is 5.46. The molecular formula is C10H10OS2. The number of hydrogen-bond acceptors (Lipinski definition) is 2. The summed E-state index contributed by atoms with van der Waals surface area (Å²) in [6.07, 6.45) is 1.71. The van der Waals surface area contributed by atoms with E-state index in [1.165, 1.54) is 15.6 Å². The molecule has 0 amide bonds. The fraction of sp³-hybridized carbons (Fsp3) is 0.200. The largest absolute Gasteiger partial charge is 0.255 e. The van der Waals surface area contributed by atoms with Crippen molar-refractivity contribution in [2.75, 3.05) is 6.26 Å². The summed E-state index contributed by atoms with van der Waals surface area (Å²) in [5.74, 6) is 0. The summed E-state index contributed by atoms with van der Waals surface area (Å²) in [5.41, 5.74) is 0. The van der Waals surface area contributed by atoms with Gasteiger partial charge in [0.15, 0.2) is 0 Å². The average molecular weight is 210 g/mol. The van der Waals surface area contributed by atoms with E-state index in [2.05, 4.69) is 18.4 Å². The van der Waals surface area contributed by atoms with Crippen molar-refractivity contribution in [3.63, 3.8) is 0 Å². The van der Waals surface area contributed by atoms with E-state index < -0.39 is 10.8 Å². The number of rotatable bonds is 1. The molecule has 2 aromatic rings. The summed E-state index contributed by atoms with van der Waals surface area (Å²) in [6, 6.07) is 6.00. The topological polar surface area (TPSA) is 17.1 Å². The van der Waals surface area contributed by atoms with E-state index in [0.717, 1.165) is 4.90 Å². The summed E-state index contributed by atoms with van der Waals surface area (Å²) >= 11 is 1.74. The maximum atomic E-state index is 11.2. The highest BCUT2D eigenvalue weighted by molar-refractivity contribution is 7.84. The van der Waals surface area contributed by atoms with E-state index in [4.69, 9.17) is 0 Å². The van der Waals surface area contributed by atoms with Crippen molar-refractivity contribution in [2.45, 2.75) is 11.8 Å². The molecule has 1 aromatic heterocycles. The van der Waals surface area contributed by atoms with Crippen LogP contribution in [0.4, 0.5) is 0 Å². The molecule has 2 rings (SSSR count). The smallest absolute Gasteiger partial charge is 0.0498 e. The van der Waals surface area contributed by atoms with Crippen LogP contribution in [0.5, 0.6) is 0 Å². The first kappa shape index (κ1) is 8.91. The Morgan fingerprint density at radius 2 is 2.15 bits per heavy atom. The Hall–Kier alpha value is -0.670. The molecule has 0 saturated heterocycles. The van der Waals surface area contributed by atoms with E-state index in [0.29, 0.717) is 0 Å². The lowest BCUT2D eigenvalue weighted by atomic mass is 10.2. The fourth-order valence-electron chi connectivity index (χ4n) is 1.35. The molecule has 0 spiro atoms. The Kier molecular flexibility index (Phi) is 2.22. The number of benzene rings is 1. The number of aryl methyl sites for hydroxylation is 1. The molecule has 0 fully saturated rings. The average Bonchev–Trinajstić information content (AvgIpc) is 2.47. The summed E-state index contributed by atoms with van der Waals surface area (Å²) in [5, 5.41) is 4.59. The van der Waals surface area contributed by atoms with Crippen LogP contribution in [-0.4, -0.2) is 10.5 Å². The Balaban J connectivity index is 2.70. The Morgan fingerprint density at radius 3 is 2.85 bits per heavy atom. The van der Waals surface area contributed by atoms with Gasteiger partial charge in [0, 0.05) is 26.8 Å². The molecule has 1 unspecified atom stereocenters. The minimum Gasteiger partial charge on any atom is -0.255 e. The number of hydrogen-bond donors (Lipinski definition) is 0. The van der Waals surface area contributed by atoms with E-state index in [1.54, 1.807) is 17.6 Å². The Morgan fingerprint density at radius 1 is 1.38 bits per heavy atom. The van der Waals surface area contributed by atoms with Crippen LogP contribution < -0.4 is 0 Å².